The van der Waals surface area contributed by atoms with E-state index in [0.29, 0.717) is 39.3 Å². The van der Waals surface area contributed by atoms with Gasteiger partial charge in [0.1, 0.15) is 6.54 Å². The number of hydrogen-bond acceptors (Lipinski definition) is 4. The number of hydrogen-bond donors (Lipinski definition) is 1. The van der Waals surface area contributed by atoms with E-state index in [1.54, 1.807) is 13.8 Å². The standard InChI is InChI=1S/C16H29F3N4O2/c1-4-20-14(24)10-21-5-7-22(8-6-21)11-15(25)23(9-13(2)3)12-16(17,18)19/h13H,4-12H2,1-3H3,(H,20,24). The molecule has 146 valence electrons. The molecule has 9 heteroatoms. The van der Waals surface area contributed by atoms with Gasteiger partial charge in [0.15, 0.2) is 0 Å². The van der Waals surface area contributed by atoms with Crippen LogP contribution in [0.1, 0.15) is 20.8 Å². The largest absolute Gasteiger partial charge is 0.406 e. The van der Waals surface area contributed by atoms with E-state index >= 15 is 0 Å². The average molecular weight is 366 g/mol. The lowest BCUT2D eigenvalue weighted by Gasteiger charge is -2.35. The first-order valence-electron chi connectivity index (χ1n) is 8.66. The van der Waals surface area contributed by atoms with Crippen LogP contribution in [0.15, 0.2) is 0 Å². The lowest BCUT2D eigenvalue weighted by Crippen LogP contribution is -2.53. The zero-order valence-electron chi connectivity index (χ0n) is 15.2. The van der Waals surface area contributed by atoms with Crippen LogP contribution >= 0.6 is 0 Å². The quantitative estimate of drug-likeness (QED) is 0.690. The van der Waals surface area contributed by atoms with Crippen molar-refractivity contribution >= 4 is 11.8 Å². The summed E-state index contributed by atoms with van der Waals surface area (Å²) in [5.41, 5.74) is 0. The molecule has 6 nitrogen and oxygen atoms in total. The van der Waals surface area contributed by atoms with Crippen LogP contribution in [-0.4, -0.2) is 91.6 Å². The Balaban J connectivity index is 2.46. The highest BCUT2D eigenvalue weighted by molar-refractivity contribution is 5.78. The van der Waals surface area contributed by atoms with E-state index in [4.69, 9.17) is 0 Å². The number of halogens is 3. The Morgan fingerprint density at radius 1 is 1.08 bits per heavy atom. The number of likely N-dealkylation sites (N-methyl/N-ethyl adjacent to an activating group) is 1. The molecule has 0 aromatic heterocycles. The summed E-state index contributed by atoms with van der Waals surface area (Å²) >= 11 is 0. The smallest absolute Gasteiger partial charge is 0.355 e. The van der Waals surface area contributed by atoms with Gasteiger partial charge >= 0.3 is 6.18 Å². The first-order chi connectivity index (χ1) is 11.6. The Bertz CT molecular complexity index is 436. The summed E-state index contributed by atoms with van der Waals surface area (Å²) in [6, 6.07) is 0. The van der Waals surface area contributed by atoms with E-state index in [0.717, 1.165) is 4.90 Å². The number of amides is 2. The minimum Gasteiger partial charge on any atom is -0.355 e. The van der Waals surface area contributed by atoms with E-state index in [2.05, 4.69) is 5.32 Å². The molecule has 0 spiro atoms. The van der Waals surface area contributed by atoms with Crippen LogP contribution in [0, 0.1) is 5.92 Å². The van der Waals surface area contributed by atoms with Gasteiger partial charge in [-0.15, -0.1) is 0 Å². The van der Waals surface area contributed by atoms with E-state index in [-0.39, 0.29) is 24.9 Å². The van der Waals surface area contributed by atoms with E-state index < -0.39 is 18.6 Å². The molecule has 0 saturated carbocycles. The molecule has 0 bridgehead atoms. The Kier molecular flexibility index (Phi) is 8.64. The number of carbonyl (C=O) groups is 2. The summed E-state index contributed by atoms with van der Waals surface area (Å²) in [4.78, 5) is 28.6. The van der Waals surface area contributed by atoms with Gasteiger partial charge in [-0.25, -0.2) is 0 Å². The van der Waals surface area contributed by atoms with Gasteiger partial charge in [0.25, 0.3) is 0 Å². The molecule has 0 unspecified atom stereocenters. The molecule has 1 aliphatic rings. The van der Waals surface area contributed by atoms with Crippen molar-refractivity contribution in [3.63, 3.8) is 0 Å². The maximum atomic E-state index is 12.7. The van der Waals surface area contributed by atoms with Crippen LogP contribution in [0.25, 0.3) is 0 Å². The Hall–Kier alpha value is -1.35. The summed E-state index contributed by atoms with van der Waals surface area (Å²) in [6.45, 7) is 7.55. The second kappa shape index (κ2) is 9.96. The number of piperazine rings is 1. The van der Waals surface area contributed by atoms with Gasteiger partial charge in [-0.05, 0) is 12.8 Å². The molecular formula is C16H29F3N4O2. The molecule has 1 fully saturated rings. The van der Waals surface area contributed by atoms with Gasteiger partial charge in [-0.1, -0.05) is 13.8 Å². The van der Waals surface area contributed by atoms with Crippen molar-refractivity contribution in [2.45, 2.75) is 26.9 Å². The monoisotopic (exact) mass is 366 g/mol. The molecule has 0 aliphatic carbocycles. The van der Waals surface area contributed by atoms with Crippen molar-refractivity contribution in [2.75, 3.05) is 58.9 Å². The van der Waals surface area contributed by atoms with Crippen molar-refractivity contribution < 1.29 is 22.8 Å². The summed E-state index contributed by atoms with van der Waals surface area (Å²) < 4.78 is 38.0. The molecule has 0 aromatic carbocycles. The molecule has 25 heavy (non-hydrogen) atoms. The van der Waals surface area contributed by atoms with Crippen LogP contribution in [0.3, 0.4) is 0 Å². The highest BCUT2D eigenvalue weighted by atomic mass is 19.4. The number of nitrogens with zero attached hydrogens (tertiary/aromatic N) is 3. The van der Waals surface area contributed by atoms with Crippen LogP contribution < -0.4 is 5.32 Å². The lowest BCUT2D eigenvalue weighted by molar-refractivity contribution is -0.163. The van der Waals surface area contributed by atoms with Crippen molar-refractivity contribution in [1.82, 2.24) is 20.0 Å². The molecule has 0 atom stereocenters. The van der Waals surface area contributed by atoms with Crippen LogP contribution in [-0.2, 0) is 9.59 Å². The summed E-state index contributed by atoms with van der Waals surface area (Å²) in [5, 5.41) is 2.73. The van der Waals surface area contributed by atoms with Crippen molar-refractivity contribution in [1.29, 1.82) is 0 Å². The number of carbonyl (C=O) groups excluding carboxylic acids is 2. The van der Waals surface area contributed by atoms with Gasteiger partial charge in [0.05, 0.1) is 13.1 Å². The predicted molar refractivity (Wildman–Crippen MR) is 89.0 cm³/mol. The summed E-state index contributed by atoms with van der Waals surface area (Å²) in [6.07, 6.45) is -4.39. The molecule has 1 rings (SSSR count). The fourth-order valence-corrected chi connectivity index (χ4v) is 2.76. The normalized spacial score (nSPS) is 16.9. The van der Waals surface area contributed by atoms with Crippen LogP contribution in [0.2, 0.25) is 0 Å². The van der Waals surface area contributed by atoms with Crippen LogP contribution in [0.4, 0.5) is 13.2 Å². The first-order valence-corrected chi connectivity index (χ1v) is 8.66. The maximum Gasteiger partial charge on any atom is 0.406 e. The zero-order valence-corrected chi connectivity index (χ0v) is 15.2. The molecule has 1 heterocycles. The Morgan fingerprint density at radius 3 is 2.04 bits per heavy atom. The molecule has 1 N–H and O–H groups in total. The molecule has 2 amide bonds. The third-order valence-electron chi connectivity index (χ3n) is 3.87. The van der Waals surface area contributed by atoms with Gasteiger partial charge in [0.2, 0.25) is 11.8 Å². The van der Waals surface area contributed by atoms with Crippen molar-refractivity contribution in [2.24, 2.45) is 5.92 Å². The van der Waals surface area contributed by atoms with Gasteiger partial charge < -0.3 is 10.2 Å². The second-order valence-electron chi connectivity index (χ2n) is 6.79. The Morgan fingerprint density at radius 2 is 1.60 bits per heavy atom. The van der Waals surface area contributed by atoms with Gasteiger partial charge in [0, 0.05) is 39.3 Å². The minimum atomic E-state index is -4.39. The first kappa shape index (κ1) is 21.7. The molecule has 1 saturated heterocycles. The molecule has 0 radical (unpaired) electrons. The third-order valence-corrected chi connectivity index (χ3v) is 3.87. The van der Waals surface area contributed by atoms with Crippen molar-refractivity contribution in [3.8, 4) is 0 Å². The van der Waals surface area contributed by atoms with Gasteiger partial charge in [-0.3, -0.25) is 19.4 Å². The zero-order chi connectivity index (χ0) is 19.0. The van der Waals surface area contributed by atoms with E-state index in [1.165, 1.54) is 0 Å². The highest BCUT2D eigenvalue weighted by Gasteiger charge is 2.34. The van der Waals surface area contributed by atoms with Crippen molar-refractivity contribution in [3.05, 3.63) is 0 Å². The SMILES string of the molecule is CCNC(=O)CN1CCN(CC(=O)N(CC(C)C)CC(F)(F)F)CC1. The van der Waals surface area contributed by atoms with E-state index in [9.17, 15) is 22.8 Å². The summed E-state index contributed by atoms with van der Waals surface area (Å²) in [7, 11) is 0. The summed E-state index contributed by atoms with van der Waals surface area (Å²) in [5.74, 6) is -0.566. The highest BCUT2D eigenvalue weighted by Crippen LogP contribution is 2.18. The topological polar surface area (TPSA) is 55.9 Å². The molecular weight excluding hydrogens is 337 g/mol. The maximum absolute atomic E-state index is 12.7. The third kappa shape index (κ3) is 9.06. The second-order valence-corrected chi connectivity index (χ2v) is 6.79. The minimum absolute atomic E-state index is 0.0161. The fourth-order valence-electron chi connectivity index (χ4n) is 2.76. The predicted octanol–water partition coefficient (Wildman–Crippen LogP) is 0.787. The Labute approximate surface area is 147 Å². The number of rotatable bonds is 8. The lowest BCUT2D eigenvalue weighted by atomic mass is 10.2. The molecule has 0 aromatic rings. The van der Waals surface area contributed by atoms with Crippen LogP contribution in [0.5, 0.6) is 0 Å². The van der Waals surface area contributed by atoms with E-state index in [1.807, 2.05) is 16.7 Å². The number of nitrogens with one attached hydrogen (secondary N) is 1. The fraction of sp³-hybridized carbons (Fsp3) is 0.875. The molecule has 1 aliphatic heterocycles. The average Bonchev–Trinajstić information content (AvgIpc) is 2.47. The number of alkyl halides is 3. The van der Waals surface area contributed by atoms with Gasteiger partial charge in [-0.2, -0.15) is 13.2 Å².